The lowest BCUT2D eigenvalue weighted by Crippen LogP contribution is -1.94. The molecule has 6 nitrogen and oxygen atoms in total. The van der Waals surface area contributed by atoms with Crippen molar-refractivity contribution in [3.63, 3.8) is 0 Å². The molecule has 18 heavy (non-hydrogen) atoms. The van der Waals surface area contributed by atoms with Gasteiger partial charge in [-0.15, -0.1) is 0 Å². The smallest absolute Gasteiger partial charge is 0.279 e. The van der Waals surface area contributed by atoms with E-state index in [0.717, 1.165) is 0 Å². The molecular weight excluding hydrogens is 254 g/mol. The molecule has 0 aliphatic carbocycles. The molecule has 0 unspecified atom stereocenters. The Balaban J connectivity index is 2.31. The number of hydrogen-bond donors (Lipinski definition) is 0. The summed E-state index contributed by atoms with van der Waals surface area (Å²) < 4.78 is 0. The molecular formula is C11H7N3O3S. The van der Waals surface area contributed by atoms with Gasteiger partial charge in [0.2, 0.25) is 0 Å². The maximum Gasteiger partial charge on any atom is 0.279 e. The van der Waals surface area contributed by atoms with Gasteiger partial charge in [0.15, 0.2) is 6.29 Å². The second-order valence-electron chi connectivity index (χ2n) is 3.24. The Morgan fingerprint density at radius 3 is 2.78 bits per heavy atom. The van der Waals surface area contributed by atoms with Crippen molar-refractivity contribution in [2.75, 3.05) is 0 Å². The Morgan fingerprint density at radius 2 is 2.17 bits per heavy atom. The molecule has 0 saturated heterocycles. The number of nitro groups is 1. The van der Waals surface area contributed by atoms with Crippen LogP contribution in [0.4, 0.5) is 5.69 Å². The van der Waals surface area contributed by atoms with Crippen LogP contribution in [0.15, 0.2) is 46.7 Å². The maximum absolute atomic E-state index is 10.8. The van der Waals surface area contributed by atoms with E-state index in [-0.39, 0.29) is 11.3 Å². The highest BCUT2D eigenvalue weighted by Crippen LogP contribution is 2.28. The van der Waals surface area contributed by atoms with Crippen LogP contribution in [0.25, 0.3) is 0 Å². The van der Waals surface area contributed by atoms with Crippen LogP contribution in [0, 0.1) is 10.1 Å². The number of aromatic nitrogens is 2. The largest absolute Gasteiger partial charge is 0.298 e. The summed E-state index contributed by atoms with van der Waals surface area (Å²) in [4.78, 5) is 29.6. The molecule has 0 spiro atoms. The topological polar surface area (TPSA) is 86.0 Å². The fourth-order valence-electron chi connectivity index (χ4n) is 1.32. The molecule has 0 saturated carbocycles. The first kappa shape index (κ1) is 12.2. The summed E-state index contributed by atoms with van der Waals surface area (Å²) in [6.07, 6.45) is 5.15. The van der Waals surface area contributed by atoms with Gasteiger partial charge in [-0.3, -0.25) is 19.9 Å². The number of rotatable bonds is 4. The summed E-state index contributed by atoms with van der Waals surface area (Å²) >= 11 is 1.28. The van der Waals surface area contributed by atoms with Gasteiger partial charge >= 0.3 is 0 Å². The summed E-state index contributed by atoms with van der Waals surface area (Å²) in [6.45, 7) is 0. The average Bonchev–Trinajstić information content (AvgIpc) is 2.39. The third-order valence-corrected chi connectivity index (χ3v) is 2.99. The van der Waals surface area contributed by atoms with Gasteiger partial charge < -0.3 is 0 Å². The molecule has 7 heteroatoms. The van der Waals surface area contributed by atoms with Crippen molar-refractivity contribution in [2.45, 2.75) is 9.92 Å². The standard InChI is InChI=1S/C11H7N3O3S/c15-7-8-5-9(1-2-10(8)14(16)17)18-11-6-12-3-4-13-11/h1-7H. The van der Waals surface area contributed by atoms with E-state index in [9.17, 15) is 14.9 Å². The summed E-state index contributed by atoms with van der Waals surface area (Å²) in [7, 11) is 0. The number of carbonyl (C=O) groups excluding carboxylic acids is 1. The highest BCUT2D eigenvalue weighted by molar-refractivity contribution is 7.99. The van der Waals surface area contributed by atoms with Gasteiger partial charge in [-0.05, 0) is 12.1 Å². The molecule has 0 amide bonds. The van der Waals surface area contributed by atoms with E-state index in [4.69, 9.17) is 0 Å². The van der Waals surface area contributed by atoms with Crippen molar-refractivity contribution in [1.29, 1.82) is 0 Å². The highest BCUT2D eigenvalue weighted by Gasteiger charge is 2.13. The molecule has 0 aliphatic heterocycles. The fourth-order valence-corrected chi connectivity index (χ4v) is 2.11. The summed E-state index contributed by atoms with van der Waals surface area (Å²) in [5.41, 5.74) is -0.151. The van der Waals surface area contributed by atoms with E-state index in [1.807, 2.05) is 0 Å². The van der Waals surface area contributed by atoms with Crippen molar-refractivity contribution in [3.8, 4) is 0 Å². The normalized spacial score (nSPS) is 10.0. The molecule has 0 fully saturated rings. The molecule has 90 valence electrons. The van der Waals surface area contributed by atoms with Crippen LogP contribution in [0.5, 0.6) is 0 Å². The first-order valence-corrected chi connectivity index (χ1v) is 5.70. The van der Waals surface area contributed by atoms with E-state index in [2.05, 4.69) is 9.97 Å². The zero-order valence-corrected chi connectivity index (χ0v) is 9.83. The van der Waals surface area contributed by atoms with Crippen molar-refractivity contribution in [2.24, 2.45) is 0 Å². The Hall–Kier alpha value is -2.28. The van der Waals surface area contributed by atoms with E-state index in [0.29, 0.717) is 16.2 Å². The van der Waals surface area contributed by atoms with E-state index in [1.54, 1.807) is 24.7 Å². The molecule has 0 bridgehead atoms. The van der Waals surface area contributed by atoms with Crippen LogP contribution in [-0.4, -0.2) is 21.2 Å². The van der Waals surface area contributed by atoms with Gasteiger partial charge in [0, 0.05) is 23.4 Å². The Kier molecular flexibility index (Phi) is 3.63. The van der Waals surface area contributed by atoms with Gasteiger partial charge in [-0.2, -0.15) is 0 Å². The third-order valence-electron chi connectivity index (χ3n) is 2.08. The van der Waals surface area contributed by atoms with Gasteiger partial charge in [0.25, 0.3) is 5.69 Å². The number of nitro benzene ring substituents is 1. The number of nitrogens with zero attached hydrogens (tertiary/aromatic N) is 3. The summed E-state index contributed by atoms with van der Waals surface area (Å²) in [5.74, 6) is 0. The van der Waals surface area contributed by atoms with Crippen LogP contribution in [0.2, 0.25) is 0 Å². The molecule has 0 radical (unpaired) electrons. The van der Waals surface area contributed by atoms with Crippen molar-refractivity contribution < 1.29 is 9.72 Å². The molecule has 2 aromatic rings. The van der Waals surface area contributed by atoms with Crippen LogP contribution in [0.1, 0.15) is 10.4 Å². The molecule has 2 rings (SSSR count). The van der Waals surface area contributed by atoms with Crippen LogP contribution >= 0.6 is 11.8 Å². The molecule has 1 heterocycles. The minimum Gasteiger partial charge on any atom is -0.298 e. The maximum atomic E-state index is 10.8. The molecule has 0 aliphatic rings. The van der Waals surface area contributed by atoms with E-state index in [1.165, 1.54) is 23.9 Å². The SMILES string of the molecule is O=Cc1cc(Sc2cnccn2)ccc1[N+](=O)[O-]. The van der Waals surface area contributed by atoms with Crippen molar-refractivity contribution in [1.82, 2.24) is 9.97 Å². The van der Waals surface area contributed by atoms with Gasteiger partial charge in [0.1, 0.15) is 5.03 Å². The third kappa shape index (κ3) is 2.69. The fraction of sp³-hybridized carbons (Fsp3) is 0. The van der Waals surface area contributed by atoms with Crippen LogP contribution in [-0.2, 0) is 0 Å². The zero-order valence-electron chi connectivity index (χ0n) is 9.02. The lowest BCUT2D eigenvalue weighted by atomic mass is 10.2. The minimum absolute atomic E-state index is 0.0499. The molecule has 0 N–H and O–H groups in total. The number of benzene rings is 1. The second-order valence-corrected chi connectivity index (χ2v) is 4.34. The first-order chi connectivity index (χ1) is 8.70. The van der Waals surface area contributed by atoms with E-state index < -0.39 is 4.92 Å². The summed E-state index contributed by atoms with van der Waals surface area (Å²) in [6, 6.07) is 4.34. The Labute approximate surface area is 106 Å². The lowest BCUT2D eigenvalue weighted by molar-refractivity contribution is -0.385. The van der Waals surface area contributed by atoms with Crippen molar-refractivity contribution in [3.05, 3.63) is 52.5 Å². The number of carbonyl (C=O) groups is 1. The first-order valence-electron chi connectivity index (χ1n) is 4.88. The van der Waals surface area contributed by atoms with Gasteiger partial charge in [0.05, 0.1) is 16.7 Å². The van der Waals surface area contributed by atoms with Crippen LogP contribution in [0.3, 0.4) is 0 Å². The minimum atomic E-state index is -0.583. The van der Waals surface area contributed by atoms with Crippen LogP contribution < -0.4 is 0 Å². The lowest BCUT2D eigenvalue weighted by Gasteiger charge is -2.01. The Morgan fingerprint density at radius 1 is 1.33 bits per heavy atom. The quantitative estimate of drug-likeness (QED) is 0.477. The van der Waals surface area contributed by atoms with Gasteiger partial charge in [-0.1, -0.05) is 11.8 Å². The predicted octanol–water partition coefficient (Wildman–Crippen LogP) is 2.35. The molecule has 1 aromatic heterocycles. The highest BCUT2D eigenvalue weighted by atomic mass is 32.2. The molecule has 1 aromatic carbocycles. The predicted molar refractivity (Wildman–Crippen MR) is 64.6 cm³/mol. The average molecular weight is 261 g/mol. The van der Waals surface area contributed by atoms with E-state index >= 15 is 0 Å². The zero-order chi connectivity index (χ0) is 13.0. The monoisotopic (exact) mass is 261 g/mol. The van der Waals surface area contributed by atoms with Crippen molar-refractivity contribution >= 4 is 23.7 Å². The number of hydrogen-bond acceptors (Lipinski definition) is 6. The second kappa shape index (κ2) is 5.37. The summed E-state index contributed by atoms with van der Waals surface area (Å²) in [5, 5.41) is 11.3. The molecule has 0 atom stereocenters. The number of aldehydes is 1. The van der Waals surface area contributed by atoms with Gasteiger partial charge in [-0.25, -0.2) is 4.98 Å². The Bertz CT molecular complexity index is 589.